The molecule has 0 saturated carbocycles. The summed E-state index contributed by atoms with van der Waals surface area (Å²) in [4.78, 5) is 21.2. The van der Waals surface area contributed by atoms with Crippen LogP contribution in [0.15, 0.2) is 60.9 Å². The molecule has 0 spiro atoms. The maximum Gasteiger partial charge on any atom is 0.338 e. The molecule has 0 N–H and O–H groups in total. The standard InChI is InChI=1S/C34H45FN2O3/c1-3-5-7-8-9-10-11-12-13-23-39-32-24-36-33(37-25-32)29-19-15-27(16-20-29)28-17-21-30(22-18-28)34(38)40-26-31(35)14-6-4-2/h15-22,24-25,31H,3-14,23,26H2,1-2H3. The highest BCUT2D eigenvalue weighted by atomic mass is 19.1. The fraction of sp³-hybridized carbons (Fsp3) is 0.500. The summed E-state index contributed by atoms with van der Waals surface area (Å²) in [5, 5.41) is 0. The number of halogens is 1. The van der Waals surface area contributed by atoms with Crippen molar-refractivity contribution < 1.29 is 18.7 Å². The summed E-state index contributed by atoms with van der Waals surface area (Å²) < 4.78 is 24.7. The molecule has 5 nitrogen and oxygen atoms in total. The van der Waals surface area contributed by atoms with E-state index in [1.807, 2.05) is 43.3 Å². The number of unbranched alkanes of at least 4 members (excludes halogenated alkanes) is 9. The lowest BCUT2D eigenvalue weighted by molar-refractivity contribution is 0.0389. The Labute approximate surface area is 239 Å². The first-order valence-electron chi connectivity index (χ1n) is 15.1. The Morgan fingerprint density at radius 3 is 1.85 bits per heavy atom. The van der Waals surface area contributed by atoms with Gasteiger partial charge in [-0.1, -0.05) is 114 Å². The fourth-order valence-corrected chi connectivity index (χ4v) is 4.51. The molecule has 0 fully saturated rings. The zero-order valence-corrected chi connectivity index (χ0v) is 24.2. The normalized spacial score (nSPS) is 11.8. The third kappa shape index (κ3) is 11.1. The summed E-state index contributed by atoms with van der Waals surface area (Å²) in [6.45, 7) is 4.76. The van der Waals surface area contributed by atoms with Crippen LogP contribution in [0.1, 0.15) is 101 Å². The summed E-state index contributed by atoms with van der Waals surface area (Å²) >= 11 is 0. The predicted octanol–water partition coefficient (Wildman–Crippen LogP) is 9.41. The van der Waals surface area contributed by atoms with Crippen LogP contribution in [0.25, 0.3) is 22.5 Å². The molecule has 40 heavy (non-hydrogen) atoms. The van der Waals surface area contributed by atoms with E-state index in [2.05, 4.69) is 16.9 Å². The van der Waals surface area contributed by atoms with Crippen molar-refractivity contribution in [1.82, 2.24) is 9.97 Å². The van der Waals surface area contributed by atoms with Crippen LogP contribution >= 0.6 is 0 Å². The quantitative estimate of drug-likeness (QED) is 0.110. The van der Waals surface area contributed by atoms with Gasteiger partial charge in [0.15, 0.2) is 11.6 Å². The van der Waals surface area contributed by atoms with Gasteiger partial charge < -0.3 is 9.47 Å². The van der Waals surface area contributed by atoms with Crippen LogP contribution in [-0.4, -0.2) is 35.3 Å². The van der Waals surface area contributed by atoms with E-state index < -0.39 is 12.1 Å². The second kappa shape index (κ2) is 18.1. The Hall–Kier alpha value is -3.28. The topological polar surface area (TPSA) is 61.3 Å². The maximum absolute atomic E-state index is 13.8. The van der Waals surface area contributed by atoms with E-state index in [1.165, 1.54) is 51.4 Å². The lowest BCUT2D eigenvalue weighted by Gasteiger charge is -2.09. The molecule has 2 aromatic carbocycles. The van der Waals surface area contributed by atoms with Gasteiger partial charge in [0.2, 0.25) is 0 Å². The highest BCUT2D eigenvalue weighted by Gasteiger charge is 2.12. The number of ether oxygens (including phenoxy) is 2. The van der Waals surface area contributed by atoms with Crippen LogP contribution in [0.3, 0.4) is 0 Å². The minimum atomic E-state index is -1.11. The van der Waals surface area contributed by atoms with Gasteiger partial charge in [0.25, 0.3) is 0 Å². The summed E-state index contributed by atoms with van der Waals surface area (Å²) in [5.74, 6) is 0.838. The number of nitrogens with zero attached hydrogens (tertiary/aromatic N) is 2. The first-order valence-corrected chi connectivity index (χ1v) is 15.1. The zero-order valence-electron chi connectivity index (χ0n) is 24.2. The van der Waals surface area contributed by atoms with Crippen molar-refractivity contribution >= 4 is 5.97 Å². The first kappa shape index (κ1) is 31.3. The third-order valence-electron chi connectivity index (χ3n) is 7.01. The van der Waals surface area contributed by atoms with Gasteiger partial charge in [0.05, 0.1) is 24.6 Å². The van der Waals surface area contributed by atoms with Crippen LogP contribution < -0.4 is 4.74 Å². The van der Waals surface area contributed by atoms with E-state index in [0.29, 0.717) is 30.2 Å². The Balaban J connectivity index is 1.41. The van der Waals surface area contributed by atoms with Gasteiger partial charge in [-0.2, -0.15) is 0 Å². The number of carbonyl (C=O) groups is 1. The number of hydrogen-bond donors (Lipinski definition) is 0. The number of hydrogen-bond acceptors (Lipinski definition) is 5. The number of rotatable bonds is 19. The fourth-order valence-electron chi connectivity index (χ4n) is 4.51. The molecule has 0 aliphatic rings. The van der Waals surface area contributed by atoms with Crippen molar-refractivity contribution in [3.05, 3.63) is 66.5 Å². The van der Waals surface area contributed by atoms with E-state index in [4.69, 9.17) is 9.47 Å². The molecule has 1 aromatic heterocycles. The second-order valence-corrected chi connectivity index (χ2v) is 10.4. The van der Waals surface area contributed by atoms with Crippen molar-refractivity contribution in [2.75, 3.05) is 13.2 Å². The number of alkyl halides is 1. The number of esters is 1. The molecule has 1 unspecified atom stereocenters. The summed E-state index contributed by atoms with van der Waals surface area (Å²) in [5.41, 5.74) is 3.30. The van der Waals surface area contributed by atoms with Crippen LogP contribution in [0.5, 0.6) is 5.75 Å². The minimum absolute atomic E-state index is 0.198. The van der Waals surface area contributed by atoms with Crippen LogP contribution in [0.2, 0.25) is 0 Å². The van der Waals surface area contributed by atoms with E-state index >= 15 is 0 Å². The molecule has 3 aromatic rings. The van der Waals surface area contributed by atoms with Crippen LogP contribution in [-0.2, 0) is 4.74 Å². The van der Waals surface area contributed by atoms with E-state index in [-0.39, 0.29) is 6.61 Å². The van der Waals surface area contributed by atoms with E-state index in [9.17, 15) is 9.18 Å². The predicted molar refractivity (Wildman–Crippen MR) is 160 cm³/mol. The van der Waals surface area contributed by atoms with E-state index in [1.54, 1.807) is 24.5 Å². The average Bonchev–Trinajstić information content (AvgIpc) is 3.00. The molecule has 3 rings (SSSR count). The molecule has 0 saturated heterocycles. The van der Waals surface area contributed by atoms with Crippen molar-refractivity contribution in [1.29, 1.82) is 0 Å². The summed E-state index contributed by atoms with van der Waals surface area (Å²) in [7, 11) is 0. The molecule has 0 aliphatic heterocycles. The van der Waals surface area contributed by atoms with Gasteiger partial charge in [-0.05, 0) is 36.1 Å². The smallest absolute Gasteiger partial charge is 0.338 e. The lowest BCUT2D eigenvalue weighted by atomic mass is 10.0. The third-order valence-corrected chi connectivity index (χ3v) is 7.01. The molecule has 1 atom stereocenters. The Morgan fingerprint density at radius 2 is 1.25 bits per heavy atom. The van der Waals surface area contributed by atoms with Gasteiger partial charge in [-0.15, -0.1) is 0 Å². The molecule has 6 heteroatoms. The molecular formula is C34H45FN2O3. The molecule has 0 bridgehead atoms. The molecule has 216 valence electrons. The monoisotopic (exact) mass is 548 g/mol. The van der Waals surface area contributed by atoms with E-state index in [0.717, 1.165) is 36.0 Å². The number of aromatic nitrogens is 2. The van der Waals surface area contributed by atoms with Crippen LogP contribution in [0, 0.1) is 0 Å². The maximum atomic E-state index is 13.8. The average molecular weight is 549 g/mol. The van der Waals surface area contributed by atoms with Gasteiger partial charge in [0, 0.05) is 5.56 Å². The van der Waals surface area contributed by atoms with Gasteiger partial charge in [-0.25, -0.2) is 19.2 Å². The Bertz CT molecular complexity index is 1100. The SMILES string of the molecule is CCCCCCCCCCCOc1cnc(-c2ccc(-c3ccc(C(=O)OCC(F)CCCC)cc3)cc2)nc1. The first-order chi connectivity index (χ1) is 19.6. The van der Waals surface area contributed by atoms with Gasteiger partial charge in [0.1, 0.15) is 12.8 Å². The molecule has 0 radical (unpaired) electrons. The Kier molecular flexibility index (Phi) is 14.2. The molecule has 0 aliphatic carbocycles. The Morgan fingerprint density at radius 1 is 0.725 bits per heavy atom. The van der Waals surface area contributed by atoms with Crippen molar-refractivity contribution in [3.63, 3.8) is 0 Å². The lowest BCUT2D eigenvalue weighted by Crippen LogP contribution is -2.15. The second-order valence-electron chi connectivity index (χ2n) is 10.4. The number of carbonyl (C=O) groups excluding carboxylic acids is 1. The van der Waals surface area contributed by atoms with Gasteiger partial charge in [-0.3, -0.25) is 0 Å². The van der Waals surface area contributed by atoms with Crippen LogP contribution in [0.4, 0.5) is 4.39 Å². The summed E-state index contributed by atoms with van der Waals surface area (Å²) in [6.07, 6.45) is 16.1. The van der Waals surface area contributed by atoms with Crippen molar-refractivity contribution in [2.24, 2.45) is 0 Å². The highest BCUT2D eigenvalue weighted by molar-refractivity contribution is 5.90. The molecule has 0 amide bonds. The zero-order chi connectivity index (χ0) is 28.4. The highest BCUT2D eigenvalue weighted by Crippen LogP contribution is 2.24. The molecular weight excluding hydrogens is 503 g/mol. The summed E-state index contributed by atoms with van der Waals surface area (Å²) in [6, 6.07) is 15.1. The minimum Gasteiger partial charge on any atom is -0.490 e. The largest absolute Gasteiger partial charge is 0.490 e. The van der Waals surface area contributed by atoms with Crippen molar-refractivity contribution in [2.45, 2.75) is 97.1 Å². The van der Waals surface area contributed by atoms with Gasteiger partial charge >= 0.3 is 5.97 Å². The number of benzene rings is 2. The van der Waals surface area contributed by atoms with Crippen molar-refractivity contribution in [3.8, 4) is 28.3 Å². The molecule has 1 heterocycles.